The van der Waals surface area contributed by atoms with E-state index in [1.807, 2.05) is 20.0 Å². The Balaban J connectivity index is 2.57. The average molecular weight is 208 g/mol. The summed E-state index contributed by atoms with van der Waals surface area (Å²) in [6, 6.07) is 6.48. The lowest BCUT2D eigenvalue weighted by atomic mass is 10.1. The molecule has 0 radical (unpaired) electrons. The van der Waals surface area contributed by atoms with Gasteiger partial charge in [-0.05, 0) is 38.9 Å². The van der Waals surface area contributed by atoms with Gasteiger partial charge in [0.15, 0.2) is 0 Å². The molecule has 1 N–H and O–H groups in total. The van der Waals surface area contributed by atoms with Gasteiger partial charge in [-0.15, -0.1) is 0 Å². The molecule has 0 fully saturated rings. The molecule has 1 aromatic heterocycles. The van der Waals surface area contributed by atoms with Gasteiger partial charge in [-0.2, -0.15) is 0 Å². The van der Waals surface area contributed by atoms with Crippen LogP contribution in [-0.4, -0.2) is 25.7 Å². The summed E-state index contributed by atoms with van der Waals surface area (Å²) in [6.07, 6.45) is 2.11. The van der Waals surface area contributed by atoms with Gasteiger partial charge in [0.2, 0.25) is 0 Å². The Bertz CT molecular complexity index is 289. The molecule has 0 saturated carbocycles. The third kappa shape index (κ3) is 3.98. The lowest BCUT2D eigenvalue weighted by Gasteiger charge is -2.15. The highest BCUT2D eigenvalue weighted by Gasteiger charge is 2.09. The molecule has 0 aliphatic carbocycles. The average Bonchev–Trinajstić information content (AvgIpc) is 2.24. The van der Waals surface area contributed by atoms with E-state index >= 15 is 0 Å². The summed E-state index contributed by atoms with van der Waals surface area (Å²) >= 11 is 0. The van der Waals surface area contributed by atoms with Crippen molar-refractivity contribution in [2.75, 3.05) is 20.8 Å². The largest absolute Gasteiger partial charge is 0.385 e. The summed E-state index contributed by atoms with van der Waals surface area (Å²) in [6.45, 7) is 2.83. The van der Waals surface area contributed by atoms with Crippen molar-refractivity contribution < 1.29 is 4.74 Å². The number of aryl methyl sites for hydroxylation is 1. The van der Waals surface area contributed by atoms with Crippen molar-refractivity contribution in [2.24, 2.45) is 0 Å². The van der Waals surface area contributed by atoms with Crippen LogP contribution in [0, 0.1) is 6.92 Å². The molecule has 1 aromatic rings. The lowest BCUT2D eigenvalue weighted by Crippen LogP contribution is -2.18. The fourth-order valence-electron chi connectivity index (χ4n) is 1.63. The fraction of sp³-hybridized carbons (Fsp3) is 0.583. The van der Waals surface area contributed by atoms with E-state index in [4.69, 9.17) is 4.74 Å². The van der Waals surface area contributed by atoms with Crippen molar-refractivity contribution in [3.8, 4) is 0 Å². The molecule has 0 bridgehead atoms. The Morgan fingerprint density at radius 1 is 1.47 bits per heavy atom. The molecule has 1 atom stereocenters. The molecule has 3 heteroatoms. The van der Waals surface area contributed by atoms with Gasteiger partial charge in [0, 0.05) is 25.5 Å². The minimum Gasteiger partial charge on any atom is -0.385 e. The Morgan fingerprint density at radius 3 is 2.87 bits per heavy atom. The fourth-order valence-corrected chi connectivity index (χ4v) is 1.63. The van der Waals surface area contributed by atoms with E-state index in [2.05, 4.69) is 22.4 Å². The monoisotopic (exact) mass is 208 g/mol. The third-order valence-electron chi connectivity index (χ3n) is 2.46. The number of rotatable bonds is 6. The highest BCUT2D eigenvalue weighted by molar-refractivity contribution is 5.13. The van der Waals surface area contributed by atoms with E-state index in [0.29, 0.717) is 6.04 Å². The maximum Gasteiger partial charge on any atom is 0.0576 e. The second-order valence-electron chi connectivity index (χ2n) is 3.68. The van der Waals surface area contributed by atoms with Crippen LogP contribution in [0.25, 0.3) is 0 Å². The van der Waals surface area contributed by atoms with Crippen molar-refractivity contribution in [2.45, 2.75) is 25.8 Å². The van der Waals surface area contributed by atoms with Gasteiger partial charge in [0.1, 0.15) is 0 Å². The van der Waals surface area contributed by atoms with Gasteiger partial charge in [-0.1, -0.05) is 6.07 Å². The van der Waals surface area contributed by atoms with E-state index in [1.54, 1.807) is 7.11 Å². The molecule has 3 nitrogen and oxygen atoms in total. The molecule has 15 heavy (non-hydrogen) atoms. The van der Waals surface area contributed by atoms with Gasteiger partial charge in [-0.3, -0.25) is 4.98 Å². The standard InChI is InChI=1S/C12H20N2O/c1-10-6-4-7-12(14-10)11(13-2)8-5-9-15-3/h4,6-7,11,13H,5,8-9H2,1-3H3. The Hall–Kier alpha value is -0.930. The SMILES string of the molecule is CNC(CCCOC)c1cccc(C)n1. The van der Waals surface area contributed by atoms with E-state index in [9.17, 15) is 0 Å². The van der Waals surface area contributed by atoms with Gasteiger partial charge in [-0.25, -0.2) is 0 Å². The van der Waals surface area contributed by atoms with E-state index in [1.165, 1.54) is 0 Å². The van der Waals surface area contributed by atoms with Crippen molar-refractivity contribution in [3.05, 3.63) is 29.6 Å². The summed E-state index contributed by atoms with van der Waals surface area (Å²) < 4.78 is 5.05. The topological polar surface area (TPSA) is 34.1 Å². The summed E-state index contributed by atoms with van der Waals surface area (Å²) in [5.74, 6) is 0. The van der Waals surface area contributed by atoms with Crippen molar-refractivity contribution in [1.29, 1.82) is 0 Å². The molecule has 0 amide bonds. The van der Waals surface area contributed by atoms with Crippen LogP contribution in [-0.2, 0) is 4.74 Å². The molecule has 0 spiro atoms. The Labute approximate surface area is 91.9 Å². The number of methoxy groups -OCH3 is 1. The second kappa shape index (κ2) is 6.53. The van der Waals surface area contributed by atoms with Crippen molar-refractivity contribution in [3.63, 3.8) is 0 Å². The predicted octanol–water partition coefficient (Wildman–Crippen LogP) is 2.08. The first-order valence-corrected chi connectivity index (χ1v) is 5.37. The molecule has 84 valence electrons. The normalized spacial score (nSPS) is 12.7. The summed E-state index contributed by atoms with van der Waals surface area (Å²) in [7, 11) is 3.71. The number of nitrogens with one attached hydrogen (secondary N) is 1. The molecule has 0 saturated heterocycles. The molecular weight excluding hydrogens is 188 g/mol. The number of pyridine rings is 1. The minimum atomic E-state index is 0.333. The van der Waals surface area contributed by atoms with Crippen LogP contribution in [0.1, 0.15) is 30.3 Å². The van der Waals surface area contributed by atoms with Crippen LogP contribution in [0.4, 0.5) is 0 Å². The molecule has 0 aliphatic rings. The molecule has 1 unspecified atom stereocenters. The van der Waals surface area contributed by atoms with Crippen molar-refractivity contribution >= 4 is 0 Å². The number of hydrogen-bond acceptors (Lipinski definition) is 3. The Morgan fingerprint density at radius 2 is 2.27 bits per heavy atom. The van der Waals surface area contributed by atoms with Gasteiger partial charge >= 0.3 is 0 Å². The summed E-state index contributed by atoms with van der Waals surface area (Å²) in [5, 5.41) is 3.29. The van der Waals surface area contributed by atoms with E-state index < -0.39 is 0 Å². The Kier molecular flexibility index (Phi) is 5.29. The maximum atomic E-state index is 5.05. The zero-order valence-electron chi connectivity index (χ0n) is 9.79. The van der Waals surface area contributed by atoms with Gasteiger partial charge in [0.05, 0.1) is 5.69 Å². The molecule has 0 aromatic carbocycles. The van der Waals surface area contributed by atoms with Crippen LogP contribution < -0.4 is 5.32 Å². The molecular formula is C12H20N2O. The number of hydrogen-bond donors (Lipinski definition) is 1. The van der Waals surface area contributed by atoms with Crippen LogP contribution in [0.15, 0.2) is 18.2 Å². The molecule has 1 heterocycles. The lowest BCUT2D eigenvalue weighted by molar-refractivity contribution is 0.189. The molecule has 1 rings (SSSR count). The number of ether oxygens (including phenoxy) is 1. The second-order valence-corrected chi connectivity index (χ2v) is 3.68. The maximum absolute atomic E-state index is 5.05. The summed E-state index contributed by atoms with van der Waals surface area (Å²) in [4.78, 5) is 4.52. The first-order valence-electron chi connectivity index (χ1n) is 5.37. The zero-order valence-corrected chi connectivity index (χ0v) is 9.79. The first-order chi connectivity index (χ1) is 7.27. The predicted molar refractivity (Wildman–Crippen MR) is 61.9 cm³/mol. The van der Waals surface area contributed by atoms with Crippen LogP contribution in [0.5, 0.6) is 0 Å². The van der Waals surface area contributed by atoms with Crippen LogP contribution in [0.3, 0.4) is 0 Å². The third-order valence-corrected chi connectivity index (χ3v) is 2.46. The van der Waals surface area contributed by atoms with Gasteiger partial charge in [0.25, 0.3) is 0 Å². The van der Waals surface area contributed by atoms with E-state index in [-0.39, 0.29) is 0 Å². The van der Waals surface area contributed by atoms with Gasteiger partial charge < -0.3 is 10.1 Å². The van der Waals surface area contributed by atoms with Crippen LogP contribution in [0.2, 0.25) is 0 Å². The smallest absolute Gasteiger partial charge is 0.0576 e. The quantitative estimate of drug-likeness (QED) is 0.727. The summed E-state index contributed by atoms with van der Waals surface area (Å²) in [5.41, 5.74) is 2.19. The van der Waals surface area contributed by atoms with E-state index in [0.717, 1.165) is 30.8 Å². The number of aromatic nitrogens is 1. The number of nitrogens with zero attached hydrogens (tertiary/aromatic N) is 1. The minimum absolute atomic E-state index is 0.333. The highest BCUT2D eigenvalue weighted by atomic mass is 16.5. The zero-order chi connectivity index (χ0) is 11.1. The first kappa shape index (κ1) is 12.1. The highest BCUT2D eigenvalue weighted by Crippen LogP contribution is 2.15. The molecule has 0 aliphatic heterocycles. The van der Waals surface area contributed by atoms with Crippen molar-refractivity contribution in [1.82, 2.24) is 10.3 Å². The van der Waals surface area contributed by atoms with Crippen LogP contribution >= 0.6 is 0 Å².